The van der Waals surface area contributed by atoms with Crippen LogP contribution in [0.4, 0.5) is 0 Å². The predicted octanol–water partition coefficient (Wildman–Crippen LogP) is 2.45. The van der Waals surface area contributed by atoms with Crippen molar-refractivity contribution in [2.45, 2.75) is 12.3 Å². The summed E-state index contributed by atoms with van der Waals surface area (Å²) in [5.74, 6) is 0.772. The molecule has 0 fully saturated rings. The summed E-state index contributed by atoms with van der Waals surface area (Å²) in [6, 6.07) is 16.7. The maximum Gasteiger partial charge on any atom is 0.191 e. The summed E-state index contributed by atoms with van der Waals surface area (Å²) < 4.78 is 2.22. The molecule has 2 heteroatoms. The van der Waals surface area contributed by atoms with Gasteiger partial charge in [-0.05, 0) is 0 Å². The molecule has 0 N–H and O–H groups in total. The minimum Gasteiger partial charge on any atom is -0.197 e. The third-order valence-electron chi connectivity index (χ3n) is 2.39. The van der Waals surface area contributed by atoms with Crippen molar-refractivity contribution in [1.82, 2.24) is 0 Å². The molecule has 0 bridgehead atoms. The fourth-order valence-electron chi connectivity index (χ4n) is 1.59. The SMILES string of the molecule is SCc1cccc[n+]1Cc1ccccc1. The maximum atomic E-state index is 4.33. The van der Waals surface area contributed by atoms with E-state index in [-0.39, 0.29) is 0 Å². The molecule has 0 atom stereocenters. The van der Waals surface area contributed by atoms with Crippen molar-refractivity contribution in [2.75, 3.05) is 0 Å². The molecule has 1 aromatic carbocycles. The number of hydrogen-bond donors (Lipinski definition) is 1. The molecule has 1 heterocycles. The number of nitrogens with zero attached hydrogens (tertiary/aromatic N) is 1. The van der Waals surface area contributed by atoms with Crippen LogP contribution in [0.5, 0.6) is 0 Å². The van der Waals surface area contributed by atoms with E-state index in [1.54, 1.807) is 0 Å². The third-order valence-corrected chi connectivity index (χ3v) is 2.72. The van der Waals surface area contributed by atoms with Crippen molar-refractivity contribution in [2.24, 2.45) is 0 Å². The van der Waals surface area contributed by atoms with Gasteiger partial charge in [0.1, 0.15) is 0 Å². The fraction of sp³-hybridized carbons (Fsp3) is 0.154. The van der Waals surface area contributed by atoms with Crippen LogP contribution in [0.1, 0.15) is 11.3 Å². The van der Waals surface area contributed by atoms with E-state index < -0.39 is 0 Å². The lowest BCUT2D eigenvalue weighted by atomic mass is 10.2. The predicted molar refractivity (Wildman–Crippen MR) is 64.9 cm³/mol. The lowest BCUT2D eigenvalue weighted by Gasteiger charge is -2.01. The van der Waals surface area contributed by atoms with Crippen LogP contribution in [-0.2, 0) is 12.3 Å². The Kier molecular flexibility index (Phi) is 3.41. The minimum absolute atomic E-state index is 0.772. The van der Waals surface area contributed by atoms with Gasteiger partial charge in [0.2, 0.25) is 0 Å². The van der Waals surface area contributed by atoms with Gasteiger partial charge in [-0.25, -0.2) is 0 Å². The molecule has 76 valence electrons. The summed E-state index contributed by atoms with van der Waals surface area (Å²) >= 11 is 4.33. The van der Waals surface area contributed by atoms with Crippen molar-refractivity contribution in [3.63, 3.8) is 0 Å². The quantitative estimate of drug-likeness (QED) is 0.593. The molecule has 0 aliphatic heterocycles. The Bertz CT molecular complexity index is 426. The number of thiol groups is 1. The van der Waals surface area contributed by atoms with Crippen LogP contribution in [0, 0.1) is 0 Å². The molecule has 0 spiro atoms. The highest BCUT2D eigenvalue weighted by Gasteiger charge is 2.07. The van der Waals surface area contributed by atoms with E-state index in [0.29, 0.717) is 0 Å². The maximum absolute atomic E-state index is 4.33. The molecule has 2 aromatic rings. The van der Waals surface area contributed by atoms with Crippen molar-refractivity contribution >= 4 is 12.6 Å². The van der Waals surface area contributed by atoms with Crippen molar-refractivity contribution in [3.8, 4) is 0 Å². The number of hydrogen-bond acceptors (Lipinski definition) is 1. The Morgan fingerprint density at radius 2 is 1.67 bits per heavy atom. The third kappa shape index (κ3) is 2.60. The average Bonchev–Trinajstić information content (AvgIpc) is 2.31. The first-order chi connectivity index (χ1) is 7.40. The van der Waals surface area contributed by atoms with Crippen LogP contribution in [0.3, 0.4) is 0 Å². The smallest absolute Gasteiger partial charge is 0.191 e. The molecule has 15 heavy (non-hydrogen) atoms. The normalized spacial score (nSPS) is 10.2. The lowest BCUT2D eigenvalue weighted by Crippen LogP contribution is -2.37. The van der Waals surface area contributed by atoms with Crippen molar-refractivity contribution in [1.29, 1.82) is 0 Å². The largest absolute Gasteiger partial charge is 0.197 e. The Balaban J connectivity index is 2.24. The summed E-state index contributed by atoms with van der Waals surface area (Å²) in [7, 11) is 0. The van der Waals surface area contributed by atoms with E-state index in [2.05, 4.69) is 59.8 Å². The summed E-state index contributed by atoms with van der Waals surface area (Å²) in [4.78, 5) is 0. The standard InChI is InChI=1S/C13H13NS/c15-11-13-8-4-5-9-14(13)10-12-6-2-1-3-7-12/h1-9H,10-11H2/p+1. The zero-order valence-corrected chi connectivity index (χ0v) is 9.40. The van der Waals surface area contributed by atoms with Gasteiger partial charge in [-0.15, -0.1) is 0 Å². The second-order valence-electron chi connectivity index (χ2n) is 3.46. The van der Waals surface area contributed by atoms with E-state index in [1.165, 1.54) is 11.3 Å². The first-order valence-electron chi connectivity index (χ1n) is 5.02. The van der Waals surface area contributed by atoms with E-state index in [0.717, 1.165) is 12.3 Å². The van der Waals surface area contributed by atoms with Crippen LogP contribution in [0.15, 0.2) is 54.7 Å². The van der Waals surface area contributed by atoms with E-state index in [9.17, 15) is 0 Å². The molecule has 0 saturated heterocycles. The zero-order valence-electron chi connectivity index (χ0n) is 8.50. The van der Waals surface area contributed by atoms with Crippen LogP contribution in [-0.4, -0.2) is 0 Å². The van der Waals surface area contributed by atoms with Gasteiger partial charge in [0, 0.05) is 17.7 Å². The summed E-state index contributed by atoms with van der Waals surface area (Å²) in [5.41, 5.74) is 2.56. The Hall–Kier alpha value is -1.28. The van der Waals surface area contributed by atoms with Gasteiger partial charge in [-0.2, -0.15) is 17.2 Å². The number of pyridine rings is 1. The summed E-state index contributed by atoms with van der Waals surface area (Å²) in [5, 5.41) is 0. The zero-order chi connectivity index (χ0) is 10.5. The number of rotatable bonds is 3. The highest BCUT2D eigenvalue weighted by molar-refractivity contribution is 7.79. The van der Waals surface area contributed by atoms with Crippen LogP contribution in [0.25, 0.3) is 0 Å². The summed E-state index contributed by atoms with van der Waals surface area (Å²) in [6.07, 6.45) is 2.10. The molecule has 1 nitrogen and oxygen atoms in total. The molecule has 0 radical (unpaired) electrons. The highest BCUT2D eigenvalue weighted by Crippen LogP contribution is 2.01. The monoisotopic (exact) mass is 216 g/mol. The van der Waals surface area contributed by atoms with Crippen LogP contribution < -0.4 is 4.57 Å². The first kappa shape index (κ1) is 10.2. The van der Waals surface area contributed by atoms with Gasteiger partial charge in [0.05, 0.1) is 5.75 Å². The van der Waals surface area contributed by atoms with Crippen LogP contribution >= 0.6 is 12.6 Å². The Labute approximate surface area is 95.8 Å². The van der Waals surface area contributed by atoms with Gasteiger partial charge >= 0.3 is 0 Å². The number of benzene rings is 1. The fourth-order valence-corrected chi connectivity index (χ4v) is 1.88. The molecule has 0 amide bonds. The van der Waals surface area contributed by atoms with Gasteiger partial charge in [0.25, 0.3) is 0 Å². The van der Waals surface area contributed by atoms with Gasteiger partial charge in [-0.1, -0.05) is 36.4 Å². The Morgan fingerprint density at radius 3 is 2.40 bits per heavy atom. The molecule has 0 aliphatic carbocycles. The van der Waals surface area contributed by atoms with Crippen molar-refractivity contribution in [3.05, 3.63) is 66.0 Å². The highest BCUT2D eigenvalue weighted by atomic mass is 32.1. The van der Waals surface area contributed by atoms with Gasteiger partial charge < -0.3 is 0 Å². The van der Waals surface area contributed by atoms with Gasteiger partial charge in [-0.3, -0.25) is 0 Å². The van der Waals surface area contributed by atoms with Gasteiger partial charge in [0.15, 0.2) is 18.4 Å². The molecule has 2 rings (SSSR count). The molecule has 0 aliphatic rings. The molecule has 0 saturated carbocycles. The van der Waals surface area contributed by atoms with E-state index in [4.69, 9.17) is 0 Å². The van der Waals surface area contributed by atoms with Crippen molar-refractivity contribution < 1.29 is 4.57 Å². The lowest BCUT2D eigenvalue weighted by molar-refractivity contribution is -0.694. The average molecular weight is 216 g/mol. The number of aromatic nitrogens is 1. The topological polar surface area (TPSA) is 3.88 Å². The second kappa shape index (κ2) is 4.99. The second-order valence-corrected chi connectivity index (χ2v) is 3.78. The minimum atomic E-state index is 0.772. The first-order valence-corrected chi connectivity index (χ1v) is 5.65. The van der Waals surface area contributed by atoms with Crippen LogP contribution in [0.2, 0.25) is 0 Å². The molecular weight excluding hydrogens is 202 g/mol. The molecule has 1 aromatic heterocycles. The molecule has 0 unspecified atom stereocenters. The molecular formula is C13H14NS+. The Morgan fingerprint density at radius 1 is 0.933 bits per heavy atom. The van der Waals surface area contributed by atoms with E-state index in [1.807, 2.05) is 12.1 Å². The summed E-state index contributed by atoms with van der Waals surface area (Å²) in [6.45, 7) is 0.914. The van der Waals surface area contributed by atoms with E-state index >= 15 is 0 Å².